The fourth-order valence-corrected chi connectivity index (χ4v) is 2.47. The van der Waals surface area contributed by atoms with Gasteiger partial charge in [-0.2, -0.15) is 0 Å². The van der Waals surface area contributed by atoms with Crippen molar-refractivity contribution in [3.63, 3.8) is 0 Å². The largest absolute Gasteiger partial charge is 0.307 e. The summed E-state index contributed by atoms with van der Waals surface area (Å²) in [7, 11) is 0.270. The summed E-state index contributed by atoms with van der Waals surface area (Å²) >= 11 is 0. The van der Waals surface area contributed by atoms with Crippen LogP contribution >= 0.6 is 10.9 Å². The average Bonchev–Trinajstić information content (AvgIpc) is 1.90. The van der Waals surface area contributed by atoms with Gasteiger partial charge in [0.1, 0.15) is 0 Å². The molecule has 0 aliphatic carbocycles. The molecule has 56 valence electrons. The summed E-state index contributed by atoms with van der Waals surface area (Å²) in [4.78, 5) is 0. The first kappa shape index (κ1) is 7.42. The first-order valence-electron chi connectivity index (χ1n) is 3.70. The van der Waals surface area contributed by atoms with Gasteiger partial charge in [-0.15, -0.1) is 0 Å². The molecule has 9 heavy (non-hydrogen) atoms. The molecular weight excluding hydrogens is 130 g/mol. The Morgan fingerprint density at radius 2 is 2.11 bits per heavy atom. The van der Waals surface area contributed by atoms with E-state index in [9.17, 15) is 0 Å². The summed E-state index contributed by atoms with van der Waals surface area (Å²) in [5.74, 6) is 0. The topological polar surface area (TPSA) is 12.0 Å². The van der Waals surface area contributed by atoms with Gasteiger partial charge in [0.15, 0.2) is 0 Å². The Labute approximate surface area is 60.6 Å². The van der Waals surface area contributed by atoms with Crippen molar-refractivity contribution in [3.8, 4) is 0 Å². The van der Waals surface area contributed by atoms with Crippen molar-refractivity contribution >= 4 is 10.9 Å². The van der Waals surface area contributed by atoms with Crippen LogP contribution in [0.3, 0.4) is 0 Å². The van der Waals surface area contributed by atoms with Crippen LogP contribution in [0.25, 0.3) is 0 Å². The molecule has 1 saturated heterocycles. The molecule has 1 rings (SSSR count). The smallest absolute Gasteiger partial charge is 0.0348 e. The van der Waals surface area contributed by atoms with Crippen molar-refractivity contribution < 1.29 is 0 Å². The van der Waals surface area contributed by atoms with Crippen LogP contribution < -0.4 is 5.32 Å². The standard InChI is InChI=1S/C7H17NS/c1-9(2)7-5-3-4-6-8-7/h7-9H,3-6H2,1-2H3. The molecule has 0 amide bonds. The zero-order valence-electron chi connectivity index (χ0n) is 6.35. The summed E-state index contributed by atoms with van der Waals surface area (Å²) < 4.78 is 0. The minimum absolute atomic E-state index is 0.270. The van der Waals surface area contributed by atoms with Crippen LogP contribution in [0, 0.1) is 0 Å². The molecule has 0 aromatic rings. The van der Waals surface area contributed by atoms with E-state index in [0.717, 1.165) is 5.37 Å². The van der Waals surface area contributed by atoms with E-state index in [-0.39, 0.29) is 10.9 Å². The third kappa shape index (κ3) is 2.18. The Bertz CT molecular complexity index is 77.0. The summed E-state index contributed by atoms with van der Waals surface area (Å²) in [6, 6.07) is 0. The van der Waals surface area contributed by atoms with Gasteiger partial charge >= 0.3 is 0 Å². The van der Waals surface area contributed by atoms with E-state index < -0.39 is 0 Å². The molecule has 0 aromatic heterocycles. The molecule has 1 nitrogen and oxygen atoms in total. The maximum absolute atomic E-state index is 3.55. The molecule has 1 heterocycles. The average molecular weight is 147 g/mol. The van der Waals surface area contributed by atoms with Crippen LogP contribution in [0.1, 0.15) is 19.3 Å². The lowest BCUT2D eigenvalue weighted by atomic mass is 10.2. The van der Waals surface area contributed by atoms with E-state index in [1.54, 1.807) is 0 Å². The van der Waals surface area contributed by atoms with Crippen LogP contribution in [0.5, 0.6) is 0 Å². The van der Waals surface area contributed by atoms with E-state index in [1.165, 1.54) is 25.8 Å². The van der Waals surface area contributed by atoms with Crippen LogP contribution in [-0.4, -0.2) is 24.4 Å². The van der Waals surface area contributed by atoms with Gasteiger partial charge in [-0.3, -0.25) is 0 Å². The van der Waals surface area contributed by atoms with E-state index in [1.807, 2.05) is 0 Å². The lowest BCUT2D eigenvalue weighted by Gasteiger charge is -2.28. The molecule has 1 aliphatic rings. The molecule has 0 spiro atoms. The highest BCUT2D eigenvalue weighted by Gasteiger charge is 2.12. The zero-order valence-corrected chi connectivity index (χ0v) is 7.25. The van der Waals surface area contributed by atoms with Crippen molar-refractivity contribution in [1.29, 1.82) is 0 Å². The van der Waals surface area contributed by atoms with E-state index in [2.05, 4.69) is 17.8 Å². The minimum Gasteiger partial charge on any atom is -0.307 e. The Morgan fingerprint density at radius 1 is 1.33 bits per heavy atom. The van der Waals surface area contributed by atoms with Crippen molar-refractivity contribution in [2.24, 2.45) is 0 Å². The Kier molecular flexibility index (Phi) is 2.86. The van der Waals surface area contributed by atoms with Gasteiger partial charge in [0.2, 0.25) is 0 Å². The molecular formula is C7H17NS. The summed E-state index contributed by atoms with van der Waals surface area (Å²) in [6.07, 6.45) is 8.97. The third-order valence-electron chi connectivity index (χ3n) is 1.91. The molecule has 1 fully saturated rings. The van der Waals surface area contributed by atoms with Crippen LogP contribution in [0.15, 0.2) is 0 Å². The first-order chi connectivity index (χ1) is 4.30. The second-order valence-electron chi connectivity index (χ2n) is 2.93. The second-order valence-corrected chi connectivity index (χ2v) is 5.48. The molecule has 0 saturated carbocycles. The number of nitrogens with one attached hydrogen (secondary N) is 1. The highest BCUT2D eigenvalue weighted by atomic mass is 32.2. The second kappa shape index (κ2) is 3.47. The normalized spacial score (nSPS) is 30.0. The highest BCUT2D eigenvalue weighted by Crippen LogP contribution is 2.26. The van der Waals surface area contributed by atoms with Gasteiger partial charge in [-0.25, -0.2) is 10.9 Å². The van der Waals surface area contributed by atoms with Gasteiger partial charge in [0.05, 0.1) is 0 Å². The molecule has 2 heteroatoms. The van der Waals surface area contributed by atoms with Crippen molar-refractivity contribution in [2.45, 2.75) is 24.6 Å². The zero-order chi connectivity index (χ0) is 6.69. The Balaban J connectivity index is 2.23. The van der Waals surface area contributed by atoms with Gasteiger partial charge < -0.3 is 5.32 Å². The maximum Gasteiger partial charge on any atom is 0.0348 e. The van der Waals surface area contributed by atoms with Gasteiger partial charge in [-0.1, -0.05) is 0 Å². The van der Waals surface area contributed by atoms with Crippen molar-refractivity contribution in [3.05, 3.63) is 0 Å². The molecule has 0 aromatic carbocycles. The number of piperidine rings is 1. The first-order valence-corrected chi connectivity index (χ1v) is 6.01. The predicted molar refractivity (Wildman–Crippen MR) is 46.5 cm³/mol. The number of rotatable bonds is 1. The Morgan fingerprint density at radius 3 is 2.44 bits per heavy atom. The number of hydrogen-bond donors (Lipinski definition) is 2. The third-order valence-corrected chi connectivity index (χ3v) is 3.60. The van der Waals surface area contributed by atoms with E-state index in [4.69, 9.17) is 0 Å². The van der Waals surface area contributed by atoms with Crippen molar-refractivity contribution in [2.75, 3.05) is 19.1 Å². The highest BCUT2D eigenvalue weighted by molar-refractivity contribution is 8.16. The minimum atomic E-state index is 0.270. The monoisotopic (exact) mass is 147 g/mol. The van der Waals surface area contributed by atoms with Gasteiger partial charge in [0, 0.05) is 5.37 Å². The molecule has 1 unspecified atom stereocenters. The van der Waals surface area contributed by atoms with Crippen LogP contribution in [0.4, 0.5) is 0 Å². The lowest BCUT2D eigenvalue weighted by Crippen LogP contribution is -2.33. The quantitative estimate of drug-likeness (QED) is 0.533. The molecule has 1 atom stereocenters. The predicted octanol–water partition coefficient (Wildman–Crippen LogP) is 1.35. The van der Waals surface area contributed by atoms with Gasteiger partial charge in [0.25, 0.3) is 0 Å². The van der Waals surface area contributed by atoms with Crippen LogP contribution in [0.2, 0.25) is 0 Å². The summed E-state index contributed by atoms with van der Waals surface area (Å²) in [5, 5.41) is 4.42. The van der Waals surface area contributed by atoms with E-state index >= 15 is 0 Å². The summed E-state index contributed by atoms with van der Waals surface area (Å²) in [6.45, 7) is 1.26. The fraction of sp³-hybridized carbons (Fsp3) is 1.00. The van der Waals surface area contributed by atoms with E-state index in [0.29, 0.717) is 0 Å². The molecule has 1 aliphatic heterocycles. The lowest BCUT2D eigenvalue weighted by molar-refractivity contribution is 0.490. The molecule has 0 radical (unpaired) electrons. The number of thiol groups is 1. The van der Waals surface area contributed by atoms with Crippen molar-refractivity contribution in [1.82, 2.24) is 5.32 Å². The van der Waals surface area contributed by atoms with Gasteiger partial charge in [-0.05, 0) is 38.3 Å². The number of hydrogen-bond acceptors (Lipinski definition) is 1. The molecule has 0 bridgehead atoms. The fourth-order valence-electron chi connectivity index (χ4n) is 1.27. The maximum atomic E-state index is 3.55. The summed E-state index contributed by atoms with van der Waals surface area (Å²) in [5.41, 5.74) is 0. The Hall–Kier alpha value is 0.310. The molecule has 1 N–H and O–H groups in total. The van der Waals surface area contributed by atoms with Crippen LogP contribution in [-0.2, 0) is 0 Å². The SMILES string of the molecule is C[SH](C)C1CCCCN1.